The van der Waals surface area contributed by atoms with Gasteiger partial charge in [0.05, 0.1) is 4.90 Å². The Morgan fingerprint density at radius 3 is 2.10 bits per heavy atom. The van der Waals surface area contributed by atoms with Crippen molar-refractivity contribution in [3.8, 4) is 0 Å². The summed E-state index contributed by atoms with van der Waals surface area (Å²) in [4.78, 5) is -0.0546. The topological polar surface area (TPSA) is 57.2 Å². The normalized spacial score (nSPS) is 11.1. The van der Waals surface area contributed by atoms with Gasteiger partial charge < -0.3 is 4.55 Å². The number of aryl methyl sites for hydroxylation is 1. The fourth-order valence-electron chi connectivity index (χ4n) is 2.23. The number of hydrogen-bond donors (Lipinski definition) is 0. The van der Waals surface area contributed by atoms with Gasteiger partial charge in [0.1, 0.15) is 10.1 Å². The van der Waals surface area contributed by atoms with Crippen molar-refractivity contribution in [1.29, 1.82) is 0 Å². The summed E-state index contributed by atoms with van der Waals surface area (Å²) >= 11 is 0. The minimum Gasteiger partial charge on any atom is -0.744 e. The van der Waals surface area contributed by atoms with Crippen molar-refractivity contribution in [2.75, 3.05) is 0 Å². The molecule has 0 aliphatic rings. The molecule has 0 saturated carbocycles. The van der Waals surface area contributed by atoms with E-state index in [0.717, 1.165) is 12.8 Å². The summed E-state index contributed by atoms with van der Waals surface area (Å²) in [5.41, 5.74) is 0.658. The quantitative estimate of drug-likeness (QED) is 0.387. The van der Waals surface area contributed by atoms with Crippen LogP contribution in [0.15, 0.2) is 29.2 Å². The maximum Gasteiger partial charge on any atom is 1.00 e. The van der Waals surface area contributed by atoms with Crippen molar-refractivity contribution in [2.45, 2.75) is 63.2 Å². The molecule has 5 heteroatoms. The van der Waals surface area contributed by atoms with Crippen LogP contribution >= 0.6 is 0 Å². The van der Waals surface area contributed by atoms with Crippen molar-refractivity contribution in [3.05, 3.63) is 29.8 Å². The molecule has 0 amide bonds. The number of unbranched alkanes of at least 4 members (excludes halogenated alkanes) is 6. The van der Waals surface area contributed by atoms with Crippen molar-refractivity contribution in [1.82, 2.24) is 0 Å². The van der Waals surface area contributed by atoms with Gasteiger partial charge in [-0.1, -0.05) is 63.6 Å². The van der Waals surface area contributed by atoms with Gasteiger partial charge in [-0.05, 0) is 24.5 Å². The summed E-state index contributed by atoms with van der Waals surface area (Å²) in [5, 5.41) is 0. The first-order chi connectivity index (χ1) is 9.05. The Kier molecular flexibility index (Phi) is 10.9. The van der Waals surface area contributed by atoms with Gasteiger partial charge in [-0.15, -0.1) is 0 Å². The summed E-state index contributed by atoms with van der Waals surface area (Å²) in [6.45, 7) is 2.19. The van der Waals surface area contributed by atoms with Crippen LogP contribution in [0.1, 0.15) is 57.4 Å². The average Bonchev–Trinajstić information content (AvgIpc) is 2.37. The third-order valence-electron chi connectivity index (χ3n) is 3.29. The van der Waals surface area contributed by atoms with Crippen molar-refractivity contribution < 1.29 is 42.5 Å². The van der Waals surface area contributed by atoms with E-state index in [2.05, 4.69) is 6.92 Å². The van der Waals surface area contributed by atoms with Gasteiger partial charge in [0.2, 0.25) is 0 Å². The molecule has 0 atom stereocenters. The van der Waals surface area contributed by atoms with Gasteiger partial charge in [-0.2, -0.15) is 0 Å². The molecule has 0 bridgehead atoms. The van der Waals surface area contributed by atoms with Gasteiger partial charge >= 0.3 is 29.6 Å². The molecule has 20 heavy (non-hydrogen) atoms. The Labute approximate surface area is 145 Å². The van der Waals surface area contributed by atoms with Gasteiger partial charge in [-0.3, -0.25) is 0 Å². The molecular weight excluding hydrogens is 283 g/mol. The van der Waals surface area contributed by atoms with Crippen LogP contribution in [-0.2, 0) is 16.5 Å². The van der Waals surface area contributed by atoms with E-state index in [1.54, 1.807) is 18.2 Å². The van der Waals surface area contributed by atoms with Crippen LogP contribution in [-0.4, -0.2) is 13.0 Å². The second kappa shape index (κ2) is 10.8. The van der Waals surface area contributed by atoms with Crippen molar-refractivity contribution in [3.63, 3.8) is 0 Å². The van der Waals surface area contributed by atoms with Crippen molar-refractivity contribution >= 4 is 10.1 Å². The van der Waals surface area contributed by atoms with Crippen LogP contribution in [0, 0.1) is 0 Å². The molecule has 0 saturated heterocycles. The largest absolute Gasteiger partial charge is 1.00 e. The summed E-state index contributed by atoms with van der Waals surface area (Å²) < 4.78 is 33.3. The Morgan fingerprint density at radius 2 is 1.50 bits per heavy atom. The zero-order valence-electron chi connectivity index (χ0n) is 12.6. The van der Waals surface area contributed by atoms with Crippen LogP contribution in [0.2, 0.25) is 0 Å². The molecule has 1 rings (SSSR count). The molecule has 3 nitrogen and oxygen atoms in total. The molecule has 0 unspecified atom stereocenters. The molecule has 1 aromatic rings. The fraction of sp³-hybridized carbons (Fsp3) is 0.600. The molecule has 0 aliphatic carbocycles. The monoisotopic (exact) mass is 306 g/mol. The van der Waals surface area contributed by atoms with Gasteiger partial charge in [-0.25, -0.2) is 8.42 Å². The maximum atomic E-state index is 11.1. The van der Waals surface area contributed by atoms with E-state index in [1.807, 2.05) is 0 Å². The summed E-state index contributed by atoms with van der Waals surface area (Å²) in [6, 6.07) is 6.52. The van der Waals surface area contributed by atoms with Crippen LogP contribution in [0.3, 0.4) is 0 Å². The number of benzene rings is 1. The smallest absolute Gasteiger partial charge is 0.744 e. The third-order valence-corrected chi connectivity index (χ3v) is 4.23. The number of hydrogen-bond acceptors (Lipinski definition) is 3. The van der Waals surface area contributed by atoms with E-state index in [-0.39, 0.29) is 34.5 Å². The zero-order chi connectivity index (χ0) is 14.1. The van der Waals surface area contributed by atoms with Crippen molar-refractivity contribution in [2.24, 2.45) is 0 Å². The second-order valence-electron chi connectivity index (χ2n) is 4.93. The molecule has 108 valence electrons. The molecule has 0 N–H and O–H groups in total. The van der Waals surface area contributed by atoms with Crippen LogP contribution in [0.5, 0.6) is 0 Å². The first kappa shape index (κ1) is 20.1. The Hall–Kier alpha value is 0.130. The Bertz CT molecular complexity index is 472. The van der Waals surface area contributed by atoms with E-state index in [4.69, 9.17) is 0 Å². The van der Waals surface area contributed by atoms with Crippen LogP contribution in [0.4, 0.5) is 0 Å². The third kappa shape index (κ3) is 7.79. The molecule has 0 heterocycles. The van der Waals surface area contributed by atoms with E-state index >= 15 is 0 Å². The summed E-state index contributed by atoms with van der Waals surface area (Å²) in [6.07, 6.45) is 8.96. The predicted octanol–water partition coefficient (Wildman–Crippen LogP) is 0.888. The first-order valence-electron chi connectivity index (χ1n) is 7.09. The predicted molar refractivity (Wildman–Crippen MR) is 76.1 cm³/mol. The molecule has 0 aromatic heterocycles. The van der Waals surface area contributed by atoms with E-state index in [0.29, 0.717) is 12.0 Å². The SMILES string of the molecule is CCCCCCCCCc1ccccc1S(=O)(=O)[O-].[Na+]. The minimum atomic E-state index is -4.34. The molecule has 1 aromatic carbocycles. The first-order valence-corrected chi connectivity index (χ1v) is 8.50. The van der Waals surface area contributed by atoms with Gasteiger partial charge in [0, 0.05) is 0 Å². The molecule has 0 fully saturated rings. The van der Waals surface area contributed by atoms with E-state index in [9.17, 15) is 13.0 Å². The minimum absolute atomic E-state index is 0. The standard InChI is InChI=1S/C15H24O3S.Na/c1-2-3-4-5-6-7-8-11-14-12-9-10-13-15(14)19(16,17)18;/h9-10,12-13H,2-8,11H2,1H3,(H,16,17,18);/q;+1/p-1. The Balaban J connectivity index is 0.00000361. The Morgan fingerprint density at radius 1 is 0.950 bits per heavy atom. The summed E-state index contributed by atoms with van der Waals surface area (Å²) in [7, 11) is -4.34. The van der Waals surface area contributed by atoms with E-state index in [1.165, 1.54) is 38.2 Å². The average molecular weight is 306 g/mol. The zero-order valence-corrected chi connectivity index (χ0v) is 15.4. The van der Waals surface area contributed by atoms with Crippen LogP contribution < -0.4 is 29.6 Å². The van der Waals surface area contributed by atoms with E-state index < -0.39 is 10.1 Å². The molecule has 0 radical (unpaired) electrons. The number of rotatable bonds is 9. The molecule has 0 spiro atoms. The van der Waals surface area contributed by atoms with Gasteiger partial charge in [0.15, 0.2) is 0 Å². The maximum absolute atomic E-state index is 11.1. The molecular formula is C15H23NaO3S. The fourth-order valence-corrected chi connectivity index (χ4v) is 2.96. The second-order valence-corrected chi connectivity index (χ2v) is 6.28. The van der Waals surface area contributed by atoms with Crippen LogP contribution in [0.25, 0.3) is 0 Å². The van der Waals surface area contributed by atoms with Gasteiger partial charge in [0.25, 0.3) is 0 Å². The summed E-state index contributed by atoms with van der Waals surface area (Å²) in [5.74, 6) is 0. The molecule has 0 aliphatic heterocycles.